The zero-order valence-electron chi connectivity index (χ0n) is 17.8. The number of nitrogens with zero attached hydrogens (tertiary/aromatic N) is 4. The number of aromatic nitrogens is 3. The standard InChI is InChI=1S/C23H27N5OS/c1-15(2)21-11-19(20-13-26-28(16(3)4)22(20)27-21)23(29)25-9-10-30-14-18-8-6-5-7-17(18)12-24/h5-8,11,13,15-16H,9-10,14H2,1-4H3,(H,25,29). The van der Waals surface area contributed by atoms with E-state index in [9.17, 15) is 10.1 Å². The first-order valence-electron chi connectivity index (χ1n) is 10.1. The van der Waals surface area contributed by atoms with Crippen LogP contribution in [0.5, 0.6) is 0 Å². The molecule has 0 unspecified atom stereocenters. The Hall–Kier alpha value is -2.85. The normalized spacial score (nSPS) is 11.2. The van der Waals surface area contributed by atoms with E-state index in [0.29, 0.717) is 17.7 Å². The third-order valence-electron chi connectivity index (χ3n) is 4.84. The van der Waals surface area contributed by atoms with E-state index in [1.807, 2.05) is 35.0 Å². The molecular weight excluding hydrogens is 394 g/mol. The van der Waals surface area contributed by atoms with Crippen LogP contribution in [0, 0.1) is 11.3 Å². The lowest BCUT2D eigenvalue weighted by atomic mass is 10.0. The molecule has 0 saturated heterocycles. The Morgan fingerprint density at radius 3 is 2.73 bits per heavy atom. The monoisotopic (exact) mass is 421 g/mol. The van der Waals surface area contributed by atoms with Gasteiger partial charge in [0.2, 0.25) is 0 Å². The fourth-order valence-electron chi connectivity index (χ4n) is 3.17. The van der Waals surface area contributed by atoms with Crippen LogP contribution in [-0.2, 0) is 5.75 Å². The Morgan fingerprint density at radius 1 is 1.27 bits per heavy atom. The van der Waals surface area contributed by atoms with Gasteiger partial charge in [-0.3, -0.25) is 4.79 Å². The van der Waals surface area contributed by atoms with Gasteiger partial charge in [0.25, 0.3) is 5.91 Å². The minimum absolute atomic E-state index is 0.106. The lowest BCUT2D eigenvalue weighted by Crippen LogP contribution is -2.26. The number of benzene rings is 1. The minimum atomic E-state index is -0.106. The Balaban J connectivity index is 1.67. The van der Waals surface area contributed by atoms with E-state index in [0.717, 1.165) is 33.8 Å². The maximum absolute atomic E-state index is 12.9. The highest BCUT2D eigenvalue weighted by molar-refractivity contribution is 7.98. The van der Waals surface area contributed by atoms with Crippen LogP contribution in [0.25, 0.3) is 11.0 Å². The summed E-state index contributed by atoms with van der Waals surface area (Å²) < 4.78 is 1.86. The number of fused-ring (bicyclic) bond motifs is 1. The molecule has 1 amide bonds. The van der Waals surface area contributed by atoms with Gasteiger partial charge in [-0.1, -0.05) is 32.0 Å². The van der Waals surface area contributed by atoms with Crippen molar-refractivity contribution in [1.82, 2.24) is 20.1 Å². The highest BCUT2D eigenvalue weighted by Gasteiger charge is 2.18. The molecule has 1 aromatic carbocycles. The van der Waals surface area contributed by atoms with Gasteiger partial charge < -0.3 is 5.32 Å². The quantitative estimate of drug-likeness (QED) is 0.534. The van der Waals surface area contributed by atoms with Gasteiger partial charge in [0.1, 0.15) is 0 Å². The molecule has 0 fully saturated rings. The van der Waals surface area contributed by atoms with E-state index in [4.69, 9.17) is 4.98 Å². The summed E-state index contributed by atoms with van der Waals surface area (Å²) in [5.41, 5.74) is 3.99. The number of hydrogen-bond donors (Lipinski definition) is 1. The lowest BCUT2D eigenvalue weighted by molar-refractivity contribution is 0.0957. The largest absolute Gasteiger partial charge is 0.351 e. The van der Waals surface area contributed by atoms with E-state index in [1.165, 1.54) is 0 Å². The van der Waals surface area contributed by atoms with Crippen LogP contribution in [0.4, 0.5) is 0 Å². The number of nitriles is 1. The van der Waals surface area contributed by atoms with Crippen LogP contribution < -0.4 is 5.32 Å². The van der Waals surface area contributed by atoms with Crippen LogP contribution >= 0.6 is 11.8 Å². The van der Waals surface area contributed by atoms with Gasteiger partial charge in [-0.25, -0.2) is 9.67 Å². The van der Waals surface area contributed by atoms with E-state index in [-0.39, 0.29) is 17.9 Å². The second kappa shape index (κ2) is 9.77. The number of rotatable bonds is 8. The average molecular weight is 422 g/mol. The molecule has 156 valence electrons. The first-order chi connectivity index (χ1) is 14.4. The zero-order valence-corrected chi connectivity index (χ0v) is 18.7. The number of thioether (sulfide) groups is 1. The summed E-state index contributed by atoms with van der Waals surface area (Å²) in [5.74, 6) is 1.62. The van der Waals surface area contributed by atoms with Gasteiger partial charge in [-0.2, -0.15) is 22.1 Å². The molecule has 0 aliphatic heterocycles. The molecule has 0 aliphatic carbocycles. The Kier molecular flexibility index (Phi) is 7.11. The maximum Gasteiger partial charge on any atom is 0.252 e. The Labute approximate surface area is 181 Å². The smallest absolute Gasteiger partial charge is 0.252 e. The number of carbonyl (C=O) groups excluding carboxylic acids is 1. The Bertz CT molecular complexity index is 1080. The van der Waals surface area contributed by atoms with Gasteiger partial charge in [-0.05, 0) is 37.5 Å². The SMILES string of the molecule is CC(C)c1cc(C(=O)NCCSCc2ccccc2C#N)c2cnn(C(C)C)c2n1. The summed E-state index contributed by atoms with van der Waals surface area (Å²) in [7, 11) is 0. The molecule has 2 heterocycles. The second-order valence-corrected chi connectivity index (χ2v) is 8.85. The van der Waals surface area contributed by atoms with Crippen molar-refractivity contribution < 1.29 is 4.79 Å². The third-order valence-corrected chi connectivity index (χ3v) is 5.85. The van der Waals surface area contributed by atoms with Crippen molar-refractivity contribution in [2.75, 3.05) is 12.3 Å². The summed E-state index contributed by atoms with van der Waals surface area (Å²) in [6, 6.07) is 11.9. The molecule has 0 radical (unpaired) electrons. The van der Waals surface area contributed by atoms with E-state index < -0.39 is 0 Å². The van der Waals surface area contributed by atoms with Crippen LogP contribution in [0.15, 0.2) is 36.5 Å². The molecule has 0 saturated carbocycles. The number of hydrogen-bond acceptors (Lipinski definition) is 5. The second-order valence-electron chi connectivity index (χ2n) is 7.75. The molecule has 0 bridgehead atoms. The van der Waals surface area contributed by atoms with Crippen molar-refractivity contribution in [3.05, 3.63) is 58.9 Å². The van der Waals surface area contributed by atoms with Crippen molar-refractivity contribution in [3.8, 4) is 6.07 Å². The molecule has 3 rings (SSSR count). The van der Waals surface area contributed by atoms with Crippen molar-refractivity contribution >= 4 is 28.7 Å². The highest BCUT2D eigenvalue weighted by atomic mass is 32.2. The first kappa shape index (κ1) is 21.8. The topological polar surface area (TPSA) is 83.6 Å². The van der Waals surface area contributed by atoms with Gasteiger partial charge in [-0.15, -0.1) is 0 Å². The fraction of sp³-hybridized carbons (Fsp3) is 0.391. The third kappa shape index (κ3) is 4.82. The molecule has 1 N–H and O–H groups in total. The van der Waals surface area contributed by atoms with Gasteiger partial charge >= 0.3 is 0 Å². The van der Waals surface area contributed by atoms with Crippen LogP contribution in [0.3, 0.4) is 0 Å². The number of pyridine rings is 1. The van der Waals surface area contributed by atoms with Gasteiger partial charge in [0.05, 0.1) is 28.8 Å². The van der Waals surface area contributed by atoms with Crippen LogP contribution in [0.2, 0.25) is 0 Å². The highest BCUT2D eigenvalue weighted by Crippen LogP contribution is 2.24. The lowest BCUT2D eigenvalue weighted by Gasteiger charge is -2.12. The van der Waals surface area contributed by atoms with Crippen molar-refractivity contribution in [3.63, 3.8) is 0 Å². The van der Waals surface area contributed by atoms with E-state index >= 15 is 0 Å². The molecule has 0 atom stereocenters. The molecule has 6 nitrogen and oxygen atoms in total. The molecule has 2 aromatic heterocycles. The Morgan fingerprint density at radius 2 is 2.03 bits per heavy atom. The van der Waals surface area contributed by atoms with Crippen molar-refractivity contribution in [2.24, 2.45) is 0 Å². The molecule has 3 aromatic rings. The van der Waals surface area contributed by atoms with Crippen molar-refractivity contribution in [2.45, 2.75) is 45.4 Å². The number of carbonyl (C=O) groups is 1. The zero-order chi connectivity index (χ0) is 21.7. The van der Waals surface area contributed by atoms with E-state index in [2.05, 4.69) is 44.2 Å². The van der Waals surface area contributed by atoms with Crippen molar-refractivity contribution in [1.29, 1.82) is 5.26 Å². The predicted octanol–water partition coefficient (Wildman–Crippen LogP) is 4.67. The summed E-state index contributed by atoms with van der Waals surface area (Å²) >= 11 is 1.70. The molecule has 0 aliphatic rings. The van der Waals surface area contributed by atoms with Gasteiger partial charge in [0.15, 0.2) is 5.65 Å². The van der Waals surface area contributed by atoms with Gasteiger partial charge in [0, 0.05) is 29.8 Å². The number of nitrogens with one attached hydrogen (secondary N) is 1. The summed E-state index contributed by atoms with van der Waals surface area (Å²) in [4.78, 5) is 17.7. The van der Waals surface area contributed by atoms with Crippen LogP contribution in [0.1, 0.15) is 66.8 Å². The first-order valence-corrected chi connectivity index (χ1v) is 11.3. The average Bonchev–Trinajstić information content (AvgIpc) is 3.17. The molecule has 0 spiro atoms. The summed E-state index contributed by atoms with van der Waals surface area (Å²) in [6.45, 7) is 8.80. The summed E-state index contributed by atoms with van der Waals surface area (Å²) in [5, 5.41) is 17.4. The molecule has 30 heavy (non-hydrogen) atoms. The minimum Gasteiger partial charge on any atom is -0.351 e. The fourth-order valence-corrected chi connectivity index (χ4v) is 4.03. The molecular formula is C23H27N5OS. The molecule has 7 heteroatoms. The van der Waals surface area contributed by atoms with Crippen LogP contribution in [-0.4, -0.2) is 33.0 Å². The predicted molar refractivity (Wildman–Crippen MR) is 122 cm³/mol. The maximum atomic E-state index is 12.9. The summed E-state index contributed by atoms with van der Waals surface area (Å²) in [6.07, 6.45) is 1.73. The number of amides is 1. The van der Waals surface area contributed by atoms with E-state index in [1.54, 1.807) is 18.0 Å².